The average molecular weight is 436 g/mol. The summed E-state index contributed by atoms with van der Waals surface area (Å²) in [6.45, 7) is 2.09. The lowest BCUT2D eigenvalue weighted by Gasteiger charge is -2.37. The molecule has 3 aromatic rings. The van der Waals surface area contributed by atoms with Gasteiger partial charge in [0, 0.05) is 30.8 Å². The maximum Gasteiger partial charge on any atom is 0.254 e. The van der Waals surface area contributed by atoms with Crippen LogP contribution >= 0.6 is 24.8 Å². The van der Waals surface area contributed by atoms with Crippen LogP contribution in [-0.4, -0.2) is 52.3 Å². The van der Waals surface area contributed by atoms with Crippen molar-refractivity contribution in [2.75, 3.05) is 26.7 Å². The number of hydrogen-bond donors (Lipinski definition) is 1. The first-order valence-corrected chi connectivity index (χ1v) is 8.87. The molecule has 1 aliphatic heterocycles. The van der Waals surface area contributed by atoms with Crippen LogP contribution in [0.2, 0.25) is 0 Å². The minimum atomic E-state index is -0.0857. The highest BCUT2D eigenvalue weighted by atomic mass is 35.5. The van der Waals surface area contributed by atoms with E-state index in [4.69, 9.17) is 4.74 Å². The number of carbonyl (C=O) groups is 1. The largest absolute Gasteiger partial charge is 0.496 e. The van der Waals surface area contributed by atoms with E-state index in [1.165, 1.54) is 6.33 Å². The Balaban J connectivity index is 0.00000150. The molecule has 1 aromatic heterocycles. The molecule has 1 amide bonds. The number of aromatic nitrogens is 3. The molecule has 1 saturated heterocycles. The van der Waals surface area contributed by atoms with E-state index < -0.39 is 0 Å². The van der Waals surface area contributed by atoms with Gasteiger partial charge < -0.3 is 15.0 Å². The number of para-hydroxylation sites is 1. The third-order valence-electron chi connectivity index (χ3n) is 4.78. The smallest absolute Gasteiger partial charge is 0.254 e. The molecule has 4 rings (SSSR count). The number of amides is 1. The lowest BCUT2D eigenvalue weighted by atomic mass is 10.0. The SMILES string of the molecule is COc1ccccc1C1CNCCN1C(=O)c1cccc(-n2cncn2)c1.Cl.Cl. The molecule has 2 heterocycles. The Morgan fingerprint density at radius 3 is 2.76 bits per heavy atom. The van der Waals surface area contributed by atoms with Gasteiger partial charge in [-0.15, -0.1) is 24.8 Å². The standard InChI is InChI=1S/C20H21N5O2.2ClH/c1-27-19-8-3-2-7-17(19)18-12-21-9-10-24(18)20(26)15-5-4-6-16(11-15)25-14-22-13-23-25;;/h2-8,11,13-14,18,21H,9-10,12H2,1H3;2*1H. The monoisotopic (exact) mass is 435 g/mol. The highest BCUT2D eigenvalue weighted by Crippen LogP contribution is 2.31. The van der Waals surface area contributed by atoms with Crippen molar-refractivity contribution >= 4 is 30.7 Å². The van der Waals surface area contributed by atoms with Crippen molar-refractivity contribution in [3.63, 3.8) is 0 Å². The molecule has 0 spiro atoms. The predicted octanol–water partition coefficient (Wildman–Crippen LogP) is 2.91. The van der Waals surface area contributed by atoms with Crippen molar-refractivity contribution in [2.45, 2.75) is 6.04 Å². The van der Waals surface area contributed by atoms with Crippen LogP contribution < -0.4 is 10.1 Å². The first-order chi connectivity index (χ1) is 13.3. The number of nitrogens with zero attached hydrogens (tertiary/aromatic N) is 4. The van der Waals surface area contributed by atoms with Crippen LogP contribution in [0.15, 0.2) is 61.2 Å². The van der Waals surface area contributed by atoms with E-state index in [0.717, 1.165) is 23.5 Å². The van der Waals surface area contributed by atoms with Gasteiger partial charge in [0.2, 0.25) is 0 Å². The Morgan fingerprint density at radius 2 is 2.00 bits per heavy atom. The molecule has 1 unspecified atom stereocenters. The van der Waals surface area contributed by atoms with Crippen LogP contribution in [-0.2, 0) is 0 Å². The number of ether oxygens (including phenoxy) is 1. The second-order valence-corrected chi connectivity index (χ2v) is 6.35. The lowest BCUT2D eigenvalue weighted by Crippen LogP contribution is -2.48. The number of piperazine rings is 1. The maximum absolute atomic E-state index is 13.3. The molecule has 1 atom stereocenters. The number of halogens is 2. The molecule has 0 radical (unpaired) electrons. The lowest BCUT2D eigenvalue weighted by molar-refractivity contribution is 0.0631. The Labute approximate surface area is 181 Å². The number of carbonyl (C=O) groups excluding carboxylic acids is 1. The van der Waals surface area contributed by atoms with E-state index in [-0.39, 0.29) is 36.8 Å². The second-order valence-electron chi connectivity index (χ2n) is 6.35. The second kappa shape index (κ2) is 10.2. The first kappa shape index (κ1) is 22.7. The summed E-state index contributed by atoms with van der Waals surface area (Å²) in [5.74, 6) is 0.787. The van der Waals surface area contributed by atoms with Gasteiger partial charge in [0.1, 0.15) is 18.4 Å². The Kier molecular flexibility index (Phi) is 8.01. The molecule has 2 aromatic carbocycles. The van der Waals surface area contributed by atoms with Crippen molar-refractivity contribution in [2.24, 2.45) is 0 Å². The van der Waals surface area contributed by atoms with Gasteiger partial charge >= 0.3 is 0 Å². The van der Waals surface area contributed by atoms with Gasteiger partial charge in [0.25, 0.3) is 5.91 Å². The molecular weight excluding hydrogens is 413 g/mol. The number of benzene rings is 2. The predicted molar refractivity (Wildman–Crippen MR) is 115 cm³/mol. The van der Waals surface area contributed by atoms with E-state index in [9.17, 15) is 4.79 Å². The first-order valence-electron chi connectivity index (χ1n) is 8.87. The van der Waals surface area contributed by atoms with Crippen LogP contribution in [0.1, 0.15) is 22.0 Å². The number of methoxy groups -OCH3 is 1. The molecular formula is C20H23Cl2N5O2. The molecule has 0 aliphatic carbocycles. The van der Waals surface area contributed by atoms with E-state index in [2.05, 4.69) is 15.4 Å². The van der Waals surface area contributed by atoms with Crippen molar-refractivity contribution in [3.05, 3.63) is 72.3 Å². The summed E-state index contributed by atoms with van der Waals surface area (Å²) in [7, 11) is 1.66. The van der Waals surface area contributed by atoms with Crippen LogP contribution in [0.25, 0.3) is 5.69 Å². The summed E-state index contributed by atoms with van der Waals surface area (Å²) in [5, 5.41) is 7.52. The molecule has 7 nitrogen and oxygen atoms in total. The van der Waals surface area contributed by atoms with Crippen LogP contribution in [0.3, 0.4) is 0 Å². The van der Waals surface area contributed by atoms with E-state index in [1.807, 2.05) is 53.4 Å². The fraction of sp³-hybridized carbons (Fsp3) is 0.250. The zero-order valence-electron chi connectivity index (χ0n) is 15.9. The van der Waals surface area contributed by atoms with Gasteiger partial charge in [-0.1, -0.05) is 24.3 Å². The van der Waals surface area contributed by atoms with E-state index in [0.29, 0.717) is 18.7 Å². The van der Waals surface area contributed by atoms with Crippen LogP contribution in [0.4, 0.5) is 0 Å². The van der Waals surface area contributed by atoms with Crippen molar-refractivity contribution in [1.82, 2.24) is 25.0 Å². The van der Waals surface area contributed by atoms with Gasteiger partial charge in [0.15, 0.2) is 0 Å². The zero-order valence-corrected chi connectivity index (χ0v) is 17.5. The molecule has 1 fully saturated rings. The molecule has 9 heteroatoms. The topological polar surface area (TPSA) is 72.3 Å². The summed E-state index contributed by atoms with van der Waals surface area (Å²) in [6.07, 6.45) is 3.09. The average Bonchev–Trinajstić information content (AvgIpc) is 3.28. The molecule has 154 valence electrons. The minimum absolute atomic E-state index is 0. The number of rotatable bonds is 4. The maximum atomic E-state index is 13.3. The fourth-order valence-electron chi connectivity index (χ4n) is 3.46. The van der Waals surface area contributed by atoms with E-state index in [1.54, 1.807) is 18.1 Å². The molecule has 1 aliphatic rings. The van der Waals surface area contributed by atoms with Gasteiger partial charge in [-0.05, 0) is 24.3 Å². The summed E-state index contributed by atoms with van der Waals surface area (Å²) < 4.78 is 7.16. The van der Waals surface area contributed by atoms with Crippen molar-refractivity contribution < 1.29 is 9.53 Å². The van der Waals surface area contributed by atoms with Gasteiger partial charge in [-0.25, -0.2) is 9.67 Å². The molecule has 0 saturated carbocycles. The number of nitrogens with one attached hydrogen (secondary N) is 1. The van der Waals surface area contributed by atoms with Crippen LogP contribution in [0, 0.1) is 0 Å². The van der Waals surface area contributed by atoms with Crippen LogP contribution in [0.5, 0.6) is 5.75 Å². The summed E-state index contributed by atoms with van der Waals surface area (Å²) in [4.78, 5) is 19.2. The van der Waals surface area contributed by atoms with Gasteiger partial charge in [-0.2, -0.15) is 5.10 Å². The van der Waals surface area contributed by atoms with Gasteiger partial charge in [0.05, 0.1) is 18.8 Å². The Bertz CT molecular complexity index is 936. The normalized spacial score (nSPS) is 15.8. The molecule has 0 bridgehead atoms. The third-order valence-corrected chi connectivity index (χ3v) is 4.78. The van der Waals surface area contributed by atoms with E-state index >= 15 is 0 Å². The Morgan fingerprint density at radius 1 is 1.17 bits per heavy atom. The highest BCUT2D eigenvalue weighted by Gasteiger charge is 2.30. The third kappa shape index (κ3) is 4.70. The summed E-state index contributed by atoms with van der Waals surface area (Å²) in [5.41, 5.74) is 2.44. The summed E-state index contributed by atoms with van der Waals surface area (Å²) in [6, 6.07) is 15.2. The zero-order chi connectivity index (χ0) is 18.6. The number of hydrogen-bond acceptors (Lipinski definition) is 5. The van der Waals surface area contributed by atoms with Crippen molar-refractivity contribution in [3.8, 4) is 11.4 Å². The summed E-state index contributed by atoms with van der Waals surface area (Å²) >= 11 is 0. The minimum Gasteiger partial charge on any atom is -0.496 e. The molecule has 1 N–H and O–H groups in total. The fourth-order valence-corrected chi connectivity index (χ4v) is 3.46. The quantitative estimate of drug-likeness (QED) is 0.681. The highest BCUT2D eigenvalue weighted by molar-refractivity contribution is 5.95. The Hall–Kier alpha value is -2.61. The molecule has 29 heavy (non-hydrogen) atoms. The van der Waals surface area contributed by atoms with Crippen molar-refractivity contribution in [1.29, 1.82) is 0 Å². The van der Waals surface area contributed by atoms with Gasteiger partial charge in [-0.3, -0.25) is 4.79 Å².